The minimum absolute atomic E-state index is 0.374. The van der Waals surface area contributed by atoms with Gasteiger partial charge in [0.15, 0.2) is 0 Å². The van der Waals surface area contributed by atoms with E-state index in [4.69, 9.17) is 10.6 Å². The van der Waals surface area contributed by atoms with E-state index in [0.717, 1.165) is 28.3 Å². The highest BCUT2D eigenvalue weighted by atomic mass is 32.2. The Balaban J connectivity index is 1.56. The van der Waals surface area contributed by atoms with Crippen molar-refractivity contribution in [3.63, 3.8) is 0 Å². The number of ether oxygens (including phenoxy) is 1. The largest absolute Gasteiger partial charge is 0.497 e. The molecule has 1 aromatic heterocycles. The Hall–Kier alpha value is -3.20. The molecule has 0 aliphatic rings. The Labute approximate surface area is 168 Å². The van der Waals surface area contributed by atoms with Crippen LogP contribution in [0.3, 0.4) is 0 Å². The molecule has 3 N–H and O–H groups in total. The normalized spacial score (nSPS) is 11.0. The van der Waals surface area contributed by atoms with Crippen LogP contribution in [0.1, 0.15) is 11.1 Å². The third kappa shape index (κ3) is 4.95. The van der Waals surface area contributed by atoms with Gasteiger partial charge in [0.1, 0.15) is 5.75 Å². The summed E-state index contributed by atoms with van der Waals surface area (Å²) in [4.78, 5) is 2.04. The van der Waals surface area contributed by atoms with Crippen LogP contribution >= 0.6 is 11.8 Å². The van der Waals surface area contributed by atoms with Gasteiger partial charge in [-0.25, -0.2) is 10.1 Å². The molecule has 3 rings (SSSR count). The zero-order valence-electron chi connectivity index (χ0n) is 16.0. The van der Waals surface area contributed by atoms with E-state index in [1.165, 1.54) is 16.4 Å². The maximum absolute atomic E-state index is 6.05. The first-order valence-corrected chi connectivity index (χ1v) is 9.58. The number of benzene rings is 2. The van der Waals surface area contributed by atoms with E-state index >= 15 is 0 Å². The number of methoxy groups -OCH3 is 1. The first-order valence-electron chi connectivity index (χ1n) is 8.59. The standard InChI is InChI=1S/C19H23N7OS/c1-25(2)16-8-4-14(5-9-16)12-21-22-18-23-24-19(26(18)20)28-13-15-6-10-17(27-3)11-7-15/h4-12H,13,20H2,1-3H3,(H,22,23)/b21-12+. The molecule has 146 valence electrons. The van der Waals surface area contributed by atoms with Gasteiger partial charge in [0.2, 0.25) is 5.16 Å². The van der Waals surface area contributed by atoms with Gasteiger partial charge in [0, 0.05) is 25.5 Å². The number of aromatic nitrogens is 3. The molecular weight excluding hydrogens is 374 g/mol. The lowest BCUT2D eigenvalue weighted by Gasteiger charge is -2.11. The second kappa shape index (κ2) is 9.14. The second-order valence-corrected chi connectivity index (χ2v) is 7.11. The number of hydrogen-bond acceptors (Lipinski definition) is 8. The van der Waals surface area contributed by atoms with Gasteiger partial charge in [-0.1, -0.05) is 36.0 Å². The molecule has 1 heterocycles. The molecule has 0 aliphatic heterocycles. The van der Waals surface area contributed by atoms with Crippen molar-refractivity contribution in [2.24, 2.45) is 5.10 Å². The van der Waals surface area contributed by atoms with E-state index < -0.39 is 0 Å². The van der Waals surface area contributed by atoms with Crippen molar-refractivity contribution in [2.45, 2.75) is 10.9 Å². The first kappa shape index (κ1) is 19.6. The fourth-order valence-corrected chi connectivity index (χ4v) is 3.16. The Morgan fingerprint density at radius 2 is 1.86 bits per heavy atom. The van der Waals surface area contributed by atoms with Gasteiger partial charge < -0.3 is 15.5 Å². The van der Waals surface area contributed by atoms with Crippen LogP contribution < -0.4 is 20.9 Å². The van der Waals surface area contributed by atoms with E-state index in [2.05, 4.69) is 20.7 Å². The highest BCUT2D eigenvalue weighted by Gasteiger charge is 2.09. The van der Waals surface area contributed by atoms with Crippen LogP contribution in [0, 0.1) is 0 Å². The summed E-state index contributed by atoms with van der Waals surface area (Å²) in [7, 11) is 5.66. The SMILES string of the molecule is COc1ccc(CSc2nnc(N/N=C/c3ccc(N(C)C)cc3)n2N)cc1. The zero-order valence-corrected chi connectivity index (χ0v) is 16.8. The molecule has 0 unspecified atom stereocenters. The fourth-order valence-electron chi connectivity index (χ4n) is 2.34. The van der Waals surface area contributed by atoms with Crippen molar-refractivity contribution in [1.29, 1.82) is 0 Å². The number of thioether (sulfide) groups is 1. The van der Waals surface area contributed by atoms with E-state index in [1.807, 2.05) is 67.5 Å². The summed E-state index contributed by atoms with van der Waals surface area (Å²) in [5, 5.41) is 12.9. The van der Waals surface area contributed by atoms with Crippen molar-refractivity contribution < 1.29 is 4.74 Å². The summed E-state index contributed by atoms with van der Waals surface area (Å²) in [6.07, 6.45) is 1.71. The van der Waals surface area contributed by atoms with Gasteiger partial charge in [-0.2, -0.15) is 5.10 Å². The van der Waals surface area contributed by atoms with Gasteiger partial charge in [-0.05, 0) is 35.4 Å². The summed E-state index contributed by atoms with van der Waals surface area (Å²) in [5.74, 6) is 7.98. The van der Waals surface area contributed by atoms with Crippen LogP contribution in [0.5, 0.6) is 5.75 Å². The monoisotopic (exact) mass is 397 g/mol. The Kier molecular flexibility index (Phi) is 6.38. The molecular formula is C19H23N7OS. The van der Waals surface area contributed by atoms with Crippen LogP contribution in [0.4, 0.5) is 11.6 Å². The summed E-state index contributed by atoms with van der Waals surface area (Å²) in [6.45, 7) is 0. The van der Waals surface area contributed by atoms with Crippen molar-refractivity contribution >= 4 is 29.6 Å². The van der Waals surface area contributed by atoms with Gasteiger partial charge in [0.25, 0.3) is 5.95 Å². The van der Waals surface area contributed by atoms with Gasteiger partial charge in [-0.15, -0.1) is 10.2 Å². The van der Waals surface area contributed by atoms with Crippen molar-refractivity contribution in [1.82, 2.24) is 14.9 Å². The number of hydrazone groups is 1. The number of nitrogens with one attached hydrogen (secondary N) is 1. The van der Waals surface area contributed by atoms with Crippen molar-refractivity contribution in [3.8, 4) is 5.75 Å². The van der Waals surface area contributed by atoms with Gasteiger partial charge >= 0.3 is 0 Å². The average Bonchev–Trinajstić information content (AvgIpc) is 3.07. The summed E-state index contributed by atoms with van der Waals surface area (Å²) in [5.41, 5.74) is 6.06. The fraction of sp³-hybridized carbons (Fsp3) is 0.211. The predicted octanol–water partition coefficient (Wildman–Crippen LogP) is 2.80. The smallest absolute Gasteiger partial charge is 0.264 e. The highest BCUT2D eigenvalue weighted by Crippen LogP contribution is 2.23. The zero-order chi connectivity index (χ0) is 19.9. The van der Waals surface area contributed by atoms with Crippen LogP contribution in [0.2, 0.25) is 0 Å². The van der Waals surface area contributed by atoms with Crippen molar-refractivity contribution in [3.05, 3.63) is 59.7 Å². The molecule has 0 aliphatic carbocycles. The third-order valence-corrected chi connectivity index (χ3v) is 4.99. The van der Waals surface area contributed by atoms with E-state index in [1.54, 1.807) is 13.3 Å². The van der Waals surface area contributed by atoms with Crippen LogP contribution in [0.15, 0.2) is 58.8 Å². The first-order chi connectivity index (χ1) is 13.6. The molecule has 0 atom stereocenters. The molecule has 9 heteroatoms. The number of nitrogens with zero attached hydrogens (tertiary/aromatic N) is 5. The van der Waals surface area contributed by atoms with E-state index in [0.29, 0.717) is 11.1 Å². The molecule has 0 spiro atoms. The molecule has 0 saturated heterocycles. The van der Waals surface area contributed by atoms with E-state index in [-0.39, 0.29) is 0 Å². The maximum Gasteiger partial charge on any atom is 0.264 e. The van der Waals surface area contributed by atoms with E-state index in [9.17, 15) is 0 Å². The van der Waals surface area contributed by atoms with Crippen LogP contribution in [0.25, 0.3) is 0 Å². The van der Waals surface area contributed by atoms with Crippen molar-refractivity contribution in [2.75, 3.05) is 37.4 Å². The van der Waals surface area contributed by atoms with Gasteiger partial charge in [-0.3, -0.25) is 0 Å². The number of nitrogen functional groups attached to an aromatic ring is 1. The van der Waals surface area contributed by atoms with Crippen LogP contribution in [-0.2, 0) is 5.75 Å². The molecule has 0 amide bonds. The van der Waals surface area contributed by atoms with Gasteiger partial charge in [0.05, 0.1) is 13.3 Å². The second-order valence-electron chi connectivity index (χ2n) is 6.17. The average molecular weight is 398 g/mol. The number of nitrogens with two attached hydrogens (primary N) is 1. The summed E-state index contributed by atoms with van der Waals surface area (Å²) >= 11 is 1.50. The number of anilines is 2. The quantitative estimate of drug-likeness (QED) is 0.261. The lowest BCUT2D eigenvalue weighted by molar-refractivity contribution is 0.414. The molecule has 8 nitrogen and oxygen atoms in total. The highest BCUT2D eigenvalue weighted by molar-refractivity contribution is 7.98. The molecule has 0 radical (unpaired) electrons. The molecule has 28 heavy (non-hydrogen) atoms. The predicted molar refractivity (Wildman–Crippen MR) is 115 cm³/mol. The minimum Gasteiger partial charge on any atom is -0.497 e. The lowest BCUT2D eigenvalue weighted by atomic mass is 10.2. The molecule has 0 saturated carbocycles. The summed E-state index contributed by atoms with van der Waals surface area (Å²) in [6, 6.07) is 15.9. The number of rotatable bonds is 8. The molecule has 2 aromatic carbocycles. The molecule has 0 fully saturated rings. The number of hydrogen-bond donors (Lipinski definition) is 2. The Morgan fingerprint density at radius 3 is 2.50 bits per heavy atom. The minimum atomic E-state index is 0.374. The lowest BCUT2D eigenvalue weighted by Crippen LogP contribution is -2.13. The maximum atomic E-state index is 6.05. The summed E-state index contributed by atoms with van der Waals surface area (Å²) < 4.78 is 6.55. The molecule has 0 bridgehead atoms. The topological polar surface area (TPSA) is 93.6 Å². The Morgan fingerprint density at radius 1 is 1.14 bits per heavy atom. The third-order valence-electron chi connectivity index (χ3n) is 3.98. The Bertz CT molecular complexity index is 920. The van der Waals surface area contributed by atoms with Crippen LogP contribution in [-0.4, -0.2) is 42.3 Å². The molecule has 3 aromatic rings.